The smallest absolute Gasteiger partial charge is 0.324 e. The second-order valence-corrected chi connectivity index (χ2v) is 12.2. The van der Waals surface area contributed by atoms with Gasteiger partial charge in [0.1, 0.15) is 25.1 Å². The van der Waals surface area contributed by atoms with Crippen molar-refractivity contribution >= 4 is 30.4 Å². The largest absolute Gasteiger partial charge is 0.339 e. The molecule has 0 heterocycles. The maximum Gasteiger partial charge on any atom is 0.339 e. The molecule has 0 aromatic heterocycles. The Labute approximate surface area is 155 Å². The first-order chi connectivity index (χ1) is 11.9. The van der Waals surface area contributed by atoms with Crippen LogP contribution in [-0.2, 0) is 18.3 Å². The van der Waals surface area contributed by atoms with E-state index in [0.29, 0.717) is 0 Å². The van der Waals surface area contributed by atoms with Crippen LogP contribution in [-0.4, -0.2) is 100 Å². The number of hydrogen-bond donors (Lipinski definition) is 9. The molecule has 0 saturated carbocycles. The lowest BCUT2D eigenvalue weighted by Crippen LogP contribution is -2.38. The number of nitrogens with one attached hydrogen (secondary N) is 1. The fourth-order valence-corrected chi connectivity index (χ4v) is 5.38. The molecular weight excluding hydrogens is 454 g/mol. The Morgan fingerprint density at radius 2 is 0.741 bits per heavy atom. The lowest BCUT2D eigenvalue weighted by atomic mass is 10.5. The van der Waals surface area contributed by atoms with Gasteiger partial charge in [0.25, 0.3) is 0 Å². The summed E-state index contributed by atoms with van der Waals surface area (Å²) in [5, 5.41) is 2.69. The molecule has 0 rings (SSSR count). The van der Waals surface area contributed by atoms with Crippen molar-refractivity contribution < 1.29 is 57.4 Å². The highest BCUT2D eigenvalue weighted by molar-refractivity contribution is 7.53. The van der Waals surface area contributed by atoms with E-state index >= 15 is 0 Å². The molecule has 0 bridgehead atoms. The fraction of sp³-hybridized carbons (Fsp3) is 1.00. The summed E-state index contributed by atoms with van der Waals surface area (Å²) in [6, 6.07) is 0. The quantitative estimate of drug-likeness (QED) is 0.0940. The Balaban J connectivity index is 4.54. The van der Waals surface area contributed by atoms with Crippen LogP contribution in [0, 0.1) is 0 Å². The van der Waals surface area contributed by atoms with E-state index in [-0.39, 0.29) is 26.2 Å². The van der Waals surface area contributed by atoms with Gasteiger partial charge < -0.3 is 44.5 Å². The molecule has 0 unspecified atom stereocenters. The van der Waals surface area contributed by atoms with Crippen molar-refractivity contribution in [2.75, 3.05) is 51.3 Å². The molecule has 15 nitrogen and oxygen atoms in total. The molecule has 0 aliphatic carbocycles. The molecule has 0 amide bonds. The molecule has 0 aliphatic rings. The summed E-state index contributed by atoms with van der Waals surface area (Å²) >= 11 is 0. The van der Waals surface area contributed by atoms with Crippen LogP contribution in [0.3, 0.4) is 0 Å². The molecule has 27 heavy (non-hydrogen) atoms. The Bertz CT molecular complexity index is 535. The third-order valence-corrected chi connectivity index (χ3v) is 5.82. The molecule has 0 aliphatic heterocycles. The standard InChI is InChI=1S/C8H25N3O12P4/c12-24(13,14)5-10(6-25(15,16)17)3-1-9-2-4-11(7-26(18,19)20)8-27(21,22)23/h9H,1-8H2,(H2,12,13,14)(H2,15,16,17)(H2,18,19,20)(H2,21,22,23). The van der Waals surface area contributed by atoms with Crippen molar-refractivity contribution in [3.8, 4) is 0 Å². The number of hydrogen-bond acceptors (Lipinski definition) is 7. The summed E-state index contributed by atoms with van der Waals surface area (Å²) in [7, 11) is -18.2. The molecule has 0 atom stereocenters. The second-order valence-electron chi connectivity index (χ2n) is 5.76. The molecule has 0 fully saturated rings. The first kappa shape index (κ1) is 27.5. The van der Waals surface area contributed by atoms with Crippen molar-refractivity contribution in [3.63, 3.8) is 0 Å². The van der Waals surface area contributed by atoms with Gasteiger partial charge in [-0.2, -0.15) is 0 Å². The maximum absolute atomic E-state index is 11.0. The van der Waals surface area contributed by atoms with Gasteiger partial charge in [-0.05, 0) is 0 Å². The molecular formula is C8H25N3O12P4. The van der Waals surface area contributed by atoms with E-state index in [1.165, 1.54) is 0 Å². The maximum atomic E-state index is 11.0. The normalized spacial score (nSPS) is 14.3. The van der Waals surface area contributed by atoms with Crippen LogP contribution in [0.5, 0.6) is 0 Å². The van der Waals surface area contributed by atoms with Crippen LogP contribution in [0.25, 0.3) is 0 Å². The van der Waals surface area contributed by atoms with Gasteiger partial charge in [-0.3, -0.25) is 28.1 Å². The summed E-state index contributed by atoms with van der Waals surface area (Å²) < 4.78 is 44.0. The van der Waals surface area contributed by atoms with Crippen LogP contribution in [0.4, 0.5) is 0 Å². The monoisotopic (exact) mass is 479 g/mol. The minimum atomic E-state index is -4.55. The van der Waals surface area contributed by atoms with E-state index < -0.39 is 55.5 Å². The zero-order valence-corrected chi connectivity index (χ0v) is 17.6. The van der Waals surface area contributed by atoms with Crippen LogP contribution in [0.1, 0.15) is 0 Å². The van der Waals surface area contributed by atoms with Gasteiger partial charge in [-0.1, -0.05) is 0 Å². The number of nitrogens with zero attached hydrogens (tertiary/aromatic N) is 2. The first-order valence-corrected chi connectivity index (χ1v) is 14.4. The van der Waals surface area contributed by atoms with Gasteiger partial charge in [0.05, 0.1) is 0 Å². The average molecular weight is 479 g/mol. The van der Waals surface area contributed by atoms with Gasteiger partial charge in [0.2, 0.25) is 0 Å². The lowest BCUT2D eigenvalue weighted by molar-refractivity contribution is 0.268. The predicted octanol–water partition coefficient (Wildman–Crippen LogP) is -2.28. The van der Waals surface area contributed by atoms with Gasteiger partial charge in [0.15, 0.2) is 0 Å². The molecule has 0 aromatic carbocycles. The van der Waals surface area contributed by atoms with Crippen LogP contribution < -0.4 is 5.32 Å². The molecule has 0 radical (unpaired) electrons. The van der Waals surface area contributed by atoms with E-state index in [9.17, 15) is 18.3 Å². The van der Waals surface area contributed by atoms with E-state index in [0.717, 1.165) is 9.80 Å². The van der Waals surface area contributed by atoms with Crippen molar-refractivity contribution in [3.05, 3.63) is 0 Å². The molecule has 0 saturated heterocycles. The highest BCUT2D eigenvalue weighted by Crippen LogP contribution is 2.41. The summed E-state index contributed by atoms with van der Waals surface area (Å²) in [6.07, 6.45) is -3.49. The SMILES string of the molecule is O=P(O)(O)CN(CCNCCN(CP(=O)(O)O)CP(=O)(O)O)CP(=O)(O)O. The zero-order chi connectivity index (χ0) is 21.5. The Kier molecular flexibility index (Phi) is 11.2. The summed E-state index contributed by atoms with van der Waals surface area (Å²) in [6.45, 7) is -0.320. The minimum Gasteiger partial charge on any atom is -0.324 e. The van der Waals surface area contributed by atoms with E-state index in [2.05, 4.69) is 5.32 Å². The summed E-state index contributed by atoms with van der Waals surface area (Å²) in [4.78, 5) is 73.1. The molecule has 164 valence electrons. The van der Waals surface area contributed by atoms with Crippen molar-refractivity contribution in [2.24, 2.45) is 0 Å². The van der Waals surface area contributed by atoms with Gasteiger partial charge in [0, 0.05) is 26.2 Å². The fourth-order valence-electron chi connectivity index (χ4n) is 2.01. The van der Waals surface area contributed by atoms with Crippen LogP contribution >= 0.6 is 30.4 Å². The summed E-state index contributed by atoms with van der Waals surface area (Å²) in [5.74, 6) is 0. The zero-order valence-electron chi connectivity index (χ0n) is 14.1. The Morgan fingerprint density at radius 1 is 0.519 bits per heavy atom. The van der Waals surface area contributed by atoms with Crippen molar-refractivity contribution in [1.82, 2.24) is 15.1 Å². The second kappa shape index (κ2) is 11.0. The molecule has 0 spiro atoms. The lowest BCUT2D eigenvalue weighted by Gasteiger charge is -2.24. The predicted molar refractivity (Wildman–Crippen MR) is 93.9 cm³/mol. The third kappa shape index (κ3) is 19.6. The molecule has 19 heteroatoms. The van der Waals surface area contributed by atoms with Crippen molar-refractivity contribution in [2.45, 2.75) is 0 Å². The molecule has 9 N–H and O–H groups in total. The Hall–Kier alpha value is 0.480. The Morgan fingerprint density at radius 3 is 0.926 bits per heavy atom. The topological polar surface area (TPSA) is 249 Å². The van der Waals surface area contributed by atoms with E-state index in [4.69, 9.17) is 39.1 Å². The van der Waals surface area contributed by atoms with E-state index in [1.807, 2.05) is 0 Å². The highest BCUT2D eigenvalue weighted by Gasteiger charge is 2.26. The minimum absolute atomic E-state index is 0.000336. The summed E-state index contributed by atoms with van der Waals surface area (Å²) in [5.41, 5.74) is 0. The number of rotatable bonds is 14. The van der Waals surface area contributed by atoms with Gasteiger partial charge >= 0.3 is 30.4 Å². The van der Waals surface area contributed by atoms with Gasteiger partial charge in [-0.15, -0.1) is 0 Å². The van der Waals surface area contributed by atoms with Gasteiger partial charge in [-0.25, -0.2) is 0 Å². The van der Waals surface area contributed by atoms with Crippen LogP contribution in [0.15, 0.2) is 0 Å². The average Bonchev–Trinajstić information content (AvgIpc) is 2.29. The van der Waals surface area contributed by atoms with Crippen molar-refractivity contribution in [1.29, 1.82) is 0 Å². The third-order valence-electron chi connectivity index (χ3n) is 2.75. The van der Waals surface area contributed by atoms with E-state index in [1.54, 1.807) is 0 Å². The molecule has 0 aromatic rings. The highest BCUT2D eigenvalue weighted by atomic mass is 31.2. The first-order valence-electron chi connectivity index (χ1n) is 7.20. The van der Waals surface area contributed by atoms with Crippen LogP contribution in [0.2, 0.25) is 0 Å².